The topological polar surface area (TPSA) is 32.3 Å². The van der Waals surface area contributed by atoms with Gasteiger partial charge in [0.25, 0.3) is 0 Å². The maximum Gasteiger partial charge on any atom is 0.0443 e. The van der Waals surface area contributed by atoms with Crippen molar-refractivity contribution in [1.29, 1.82) is 0 Å². The minimum atomic E-state index is 0.265. The Labute approximate surface area is 84.7 Å². The van der Waals surface area contributed by atoms with Crippen molar-refractivity contribution in [2.45, 2.75) is 13.0 Å². The van der Waals surface area contributed by atoms with E-state index in [9.17, 15) is 0 Å². The van der Waals surface area contributed by atoms with Crippen LogP contribution in [0.15, 0.2) is 15.9 Å². The van der Waals surface area contributed by atoms with Crippen LogP contribution in [0.5, 0.6) is 0 Å². The van der Waals surface area contributed by atoms with Crippen molar-refractivity contribution in [2.75, 3.05) is 13.2 Å². The number of halogens is 1. The molecule has 1 aromatic heterocycles. The number of thiophene rings is 1. The van der Waals surface area contributed by atoms with Gasteiger partial charge in [-0.05, 0) is 35.0 Å². The van der Waals surface area contributed by atoms with E-state index in [1.54, 1.807) is 11.3 Å². The van der Waals surface area contributed by atoms with Crippen LogP contribution in [0.3, 0.4) is 0 Å². The van der Waals surface area contributed by atoms with Crippen LogP contribution in [-0.4, -0.2) is 18.3 Å². The van der Waals surface area contributed by atoms with Crippen molar-refractivity contribution in [3.63, 3.8) is 0 Å². The molecule has 0 aromatic carbocycles. The van der Waals surface area contributed by atoms with Crippen molar-refractivity contribution in [3.8, 4) is 0 Å². The molecule has 4 heteroatoms. The van der Waals surface area contributed by atoms with Crippen molar-refractivity contribution in [1.82, 2.24) is 5.32 Å². The van der Waals surface area contributed by atoms with Gasteiger partial charge in [-0.3, -0.25) is 0 Å². The standard InChI is InChI=1S/C8H12BrNOS/c9-7-4-8(12-6-7)5-10-2-1-3-11/h4,6,10-11H,1-3,5H2. The lowest BCUT2D eigenvalue weighted by atomic mass is 10.4. The zero-order chi connectivity index (χ0) is 8.81. The van der Waals surface area contributed by atoms with Crippen LogP contribution in [0.4, 0.5) is 0 Å². The third kappa shape index (κ3) is 3.67. The minimum Gasteiger partial charge on any atom is -0.396 e. The summed E-state index contributed by atoms with van der Waals surface area (Å²) in [5, 5.41) is 13.8. The van der Waals surface area contributed by atoms with Crippen LogP contribution in [0.25, 0.3) is 0 Å². The molecular formula is C8H12BrNOS. The summed E-state index contributed by atoms with van der Waals surface area (Å²) in [5.41, 5.74) is 0. The summed E-state index contributed by atoms with van der Waals surface area (Å²) in [7, 11) is 0. The van der Waals surface area contributed by atoms with E-state index >= 15 is 0 Å². The van der Waals surface area contributed by atoms with E-state index in [4.69, 9.17) is 5.11 Å². The van der Waals surface area contributed by atoms with Gasteiger partial charge in [0.15, 0.2) is 0 Å². The van der Waals surface area contributed by atoms with Crippen LogP contribution in [-0.2, 0) is 6.54 Å². The largest absolute Gasteiger partial charge is 0.396 e. The number of hydrogen-bond donors (Lipinski definition) is 2. The van der Waals surface area contributed by atoms with Gasteiger partial charge in [-0.2, -0.15) is 0 Å². The molecule has 68 valence electrons. The first-order chi connectivity index (χ1) is 5.83. The average Bonchev–Trinajstić information content (AvgIpc) is 2.45. The lowest BCUT2D eigenvalue weighted by Gasteiger charge is -1.99. The molecule has 1 rings (SSSR count). The molecule has 0 unspecified atom stereocenters. The number of hydrogen-bond acceptors (Lipinski definition) is 3. The molecule has 2 N–H and O–H groups in total. The Balaban J connectivity index is 2.15. The van der Waals surface area contributed by atoms with E-state index < -0.39 is 0 Å². The van der Waals surface area contributed by atoms with Gasteiger partial charge >= 0.3 is 0 Å². The van der Waals surface area contributed by atoms with E-state index in [1.165, 1.54) is 4.88 Å². The highest BCUT2D eigenvalue weighted by Gasteiger charge is 1.95. The molecule has 12 heavy (non-hydrogen) atoms. The van der Waals surface area contributed by atoms with E-state index in [1.807, 2.05) is 0 Å². The first-order valence-corrected chi connectivity index (χ1v) is 5.54. The Bertz CT molecular complexity index is 227. The molecule has 1 aromatic rings. The van der Waals surface area contributed by atoms with Crippen LogP contribution in [0.1, 0.15) is 11.3 Å². The molecule has 0 saturated heterocycles. The molecule has 0 amide bonds. The molecule has 0 spiro atoms. The Morgan fingerprint density at radius 1 is 1.58 bits per heavy atom. The monoisotopic (exact) mass is 249 g/mol. The highest BCUT2D eigenvalue weighted by atomic mass is 79.9. The average molecular weight is 250 g/mol. The highest BCUT2D eigenvalue weighted by molar-refractivity contribution is 9.10. The Hall–Kier alpha value is 0.1000. The molecule has 0 bridgehead atoms. The summed E-state index contributed by atoms with van der Waals surface area (Å²) in [6.07, 6.45) is 0.826. The van der Waals surface area contributed by atoms with Crippen LogP contribution >= 0.6 is 27.3 Å². The number of rotatable bonds is 5. The Kier molecular flexibility index (Phi) is 4.83. The van der Waals surface area contributed by atoms with Crippen LogP contribution < -0.4 is 5.32 Å². The van der Waals surface area contributed by atoms with Crippen LogP contribution in [0.2, 0.25) is 0 Å². The SMILES string of the molecule is OCCCNCc1cc(Br)cs1. The van der Waals surface area contributed by atoms with Gasteiger partial charge in [0.2, 0.25) is 0 Å². The number of aliphatic hydroxyl groups excluding tert-OH is 1. The lowest BCUT2D eigenvalue weighted by molar-refractivity contribution is 0.286. The lowest BCUT2D eigenvalue weighted by Crippen LogP contribution is -2.14. The van der Waals surface area contributed by atoms with Gasteiger partial charge in [0.1, 0.15) is 0 Å². The number of aliphatic hydroxyl groups is 1. The van der Waals surface area contributed by atoms with Crippen molar-refractivity contribution >= 4 is 27.3 Å². The van der Waals surface area contributed by atoms with Crippen molar-refractivity contribution in [3.05, 3.63) is 20.8 Å². The molecule has 0 aliphatic heterocycles. The third-order valence-electron chi connectivity index (χ3n) is 1.43. The molecule has 0 saturated carbocycles. The fourth-order valence-electron chi connectivity index (χ4n) is 0.862. The van der Waals surface area contributed by atoms with Crippen molar-refractivity contribution < 1.29 is 5.11 Å². The minimum absolute atomic E-state index is 0.265. The first kappa shape index (κ1) is 10.2. The Morgan fingerprint density at radius 3 is 3.00 bits per heavy atom. The molecule has 0 fully saturated rings. The summed E-state index contributed by atoms with van der Waals surface area (Å²) in [5.74, 6) is 0. The molecule has 0 atom stereocenters. The van der Waals surface area contributed by atoms with Crippen molar-refractivity contribution in [2.24, 2.45) is 0 Å². The number of nitrogens with one attached hydrogen (secondary N) is 1. The van der Waals surface area contributed by atoms with Gasteiger partial charge in [0, 0.05) is 27.9 Å². The van der Waals surface area contributed by atoms with Crippen LogP contribution in [0, 0.1) is 0 Å². The Morgan fingerprint density at radius 2 is 2.42 bits per heavy atom. The van der Waals surface area contributed by atoms with Gasteiger partial charge < -0.3 is 10.4 Å². The maximum absolute atomic E-state index is 8.52. The van der Waals surface area contributed by atoms with Gasteiger partial charge in [-0.1, -0.05) is 0 Å². The predicted octanol–water partition coefficient (Wildman–Crippen LogP) is 1.98. The van der Waals surface area contributed by atoms with E-state index in [0.717, 1.165) is 24.0 Å². The summed E-state index contributed by atoms with van der Waals surface area (Å²) in [6.45, 7) is 2.05. The second kappa shape index (κ2) is 5.70. The van der Waals surface area contributed by atoms with Gasteiger partial charge in [-0.15, -0.1) is 11.3 Å². The van der Waals surface area contributed by atoms with Gasteiger partial charge in [0.05, 0.1) is 0 Å². The zero-order valence-electron chi connectivity index (χ0n) is 6.72. The molecule has 2 nitrogen and oxygen atoms in total. The first-order valence-electron chi connectivity index (χ1n) is 3.87. The second-order valence-corrected chi connectivity index (χ2v) is 4.40. The fourth-order valence-corrected chi connectivity index (χ4v) is 2.28. The molecule has 1 heterocycles. The summed E-state index contributed by atoms with van der Waals surface area (Å²) < 4.78 is 1.14. The summed E-state index contributed by atoms with van der Waals surface area (Å²) >= 11 is 5.13. The van der Waals surface area contributed by atoms with E-state index in [0.29, 0.717) is 0 Å². The molecule has 0 radical (unpaired) electrons. The van der Waals surface area contributed by atoms with Gasteiger partial charge in [-0.25, -0.2) is 0 Å². The molecule has 0 aliphatic carbocycles. The quantitative estimate of drug-likeness (QED) is 0.783. The normalized spacial score (nSPS) is 10.5. The fraction of sp³-hybridized carbons (Fsp3) is 0.500. The summed E-state index contributed by atoms with van der Waals surface area (Å²) in [6, 6.07) is 2.11. The van der Waals surface area contributed by atoms with E-state index in [2.05, 4.69) is 32.7 Å². The molecular weight excluding hydrogens is 238 g/mol. The van der Waals surface area contributed by atoms with E-state index in [-0.39, 0.29) is 6.61 Å². The second-order valence-electron chi connectivity index (χ2n) is 2.49. The smallest absolute Gasteiger partial charge is 0.0443 e. The predicted molar refractivity (Wildman–Crippen MR) is 55.4 cm³/mol. The third-order valence-corrected chi connectivity index (χ3v) is 3.13. The maximum atomic E-state index is 8.52. The summed E-state index contributed by atoms with van der Waals surface area (Å²) in [4.78, 5) is 1.32. The zero-order valence-corrected chi connectivity index (χ0v) is 9.12. The highest BCUT2D eigenvalue weighted by Crippen LogP contribution is 2.19. The molecule has 0 aliphatic rings.